The van der Waals surface area contributed by atoms with Crippen molar-refractivity contribution in [2.24, 2.45) is 0 Å². The molecule has 3 heteroatoms. The molecule has 0 fully saturated rings. The number of hydrogen-bond donors (Lipinski definition) is 0. The lowest BCUT2D eigenvalue weighted by atomic mass is 9.92. The largest absolute Gasteiger partial charge is 0.493 e. The zero-order chi connectivity index (χ0) is 13.0. The number of rotatable bonds is 5. The number of hydrogen-bond acceptors (Lipinski definition) is 3. The molecule has 0 saturated heterocycles. The maximum atomic E-state index is 12.1. The molecule has 0 N–H and O–H groups in total. The van der Waals surface area contributed by atoms with Crippen molar-refractivity contribution in [1.29, 1.82) is 0 Å². The fourth-order valence-corrected chi connectivity index (χ4v) is 2.45. The molecule has 1 aromatic rings. The molecular weight excluding hydrogens is 228 g/mol. The number of esters is 1. The summed E-state index contributed by atoms with van der Waals surface area (Å²) in [6, 6.07) is 6.06. The van der Waals surface area contributed by atoms with E-state index in [0.29, 0.717) is 13.2 Å². The molecule has 1 unspecified atom stereocenters. The van der Waals surface area contributed by atoms with Crippen LogP contribution in [0.25, 0.3) is 0 Å². The van der Waals surface area contributed by atoms with E-state index in [9.17, 15) is 4.79 Å². The van der Waals surface area contributed by atoms with Crippen LogP contribution in [-0.2, 0) is 16.0 Å². The van der Waals surface area contributed by atoms with E-state index in [4.69, 9.17) is 9.47 Å². The summed E-state index contributed by atoms with van der Waals surface area (Å²) in [4.78, 5) is 12.1. The first-order chi connectivity index (χ1) is 8.77. The number of carbonyl (C=O) groups excluding carboxylic acids is 1. The van der Waals surface area contributed by atoms with Gasteiger partial charge in [-0.3, -0.25) is 4.79 Å². The van der Waals surface area contributed by atoms with Gasteiger partial charge in [0.1, 0.15) is 5.75 Å². The van der Waals surface area contributed by atoms with Crippen LogP contribution in [0.15, 0.2) is 18.2 Å². The van der Waals surface area contributed by atoms with Crippen molar-refractivity contribution in [3.05, 3.63) is 29.3 Å². The number of para-hydroxylation sites is 1. The van der Waals surface area contributed by atoms with Gasteiger partial charge in [0.05, 0.1) is 19.1 Å². The SMILES string of the molecule is CCCC(C(=O)OCC)c1cccc2c1OCC2. The molecule has 18 heavy (non-hydrogen) atoms. The molecule has 0 radical (unpaired) electrons. The fraction of sp³-hybridized carbons (Fsp3) is 0.533. The second-order valence-electron chi connectivity index (χ2n) is 4.53. The first-order valence-corrected chi connectivity index (χ1v) is 6.69. The second kappa shape index (κ2) is 5.89. The highest BCUT2D eigenvalue weighted by Crippen LogP contribution is 2.36. The molecule has 1 heterocycles. The molecule has 3 nitrogen and oxygen atoms in total. The third-order valence-corrected chi connectivity index (χ3v) is 3.27. The predicted octanol–water partition coefficient (Wildman–Crippen LogP) is 3.07. The van der Waals surface area contributed by atoms with Crippen LogP contribution in [-0.4, -0.2) is 19.2 Å². The Morgan fingerprint density at radius 1 is 1.44 bits per heavy atom. The molecule has 2 rings (SSSR count). The Morgan fingerprint density at radius 3 is 3.00 bits per heavy atom. The Hall–Kier alpha value is -1.51. The van der Waals surface area contributed by atoms with E-state index in [1.165, 1.54) is 5.56 Å². The average Bonchev–Trinajstić information content (AvgIpc) is 2.84. The molecule has 0 aliphatic carbocycles. The summed E-state index contributed by atoms with van der Waals surface area (Å²) in [5.41, 5.74) is 2.20. The van der Waals surface area contributed by atoms with Gasteiger partial charge in [-0.25, -0.2) is 0 Å². The van der Waals surface area contributed by atoms with Gasteiger partial charge >= 0.3 is 5.97 Å². The van der Waals surface area contributed by atoms with Gasteiger partial charge in [0.15, 0.2) is 0 Å². The summed E-state index contributed by atoms with van der Waals surface area (Å²) >= 11 is 0. The Bertz CT molecular complexity index is 426. The molecule has 1 aliphatic heterocycles. The summed E-state index contributed by atoms with van der Waals surface area (Å²) < 4.78 is 10.9. The van der Waals surface area contributed by atoms with Crippen molar-refractivity contribution < 1.29 is 14.3 Å². The van der Waals surface area contributed by atoms with E-state index in [1.54, 1.807) is 0 Å². The number of ether oxygens (including phenoxy) is 2. The highest BCUT2D eigenvalue weighted by molar-refractivity contribution is 5.79. The van der Waals surface area contributed by atoms with Crippen molar-refractivity contribution in [1.82, 2.24) is 0 Å². The fourth-order valence-electron chi connectivity index (χ4n) is 2.45. The van der Waals surface area contributed by atoms with Gasteiger partial charge < -0.3 is 9.47 Å². The molecule has 0 amide bonds. The van der Waals surface area contributed by atoms with Crippen LogP contribution in [0, 0.1) is 0 Å². The first-order valence-electron chi connectivity index (χ1n) is 6.69. The normalized spacial score (nSPS) is 14.8. The average molecular weight is 248 g/mol. The summed E-state index contributed by atoms with van der Waals surface area (Å²) in [5.74, 6) is 0.579. The van der Waals surface area contributed by atoms with Gasteiger partial charge in [0, 0.05) is 12.0 Å². The number of fused-ring (bicyclic) bond motifs is 1. The van der Waals surface area contributed by atoms with Gasteiger partial charge in [-0.2, -0.15) is 0 Å². The van der Waals surface area contributed by atoms with Crippen LogP contribution in [0.2, 0.25) is 0 Å². The Morgan fingerprint density at radius 2 is 2.28 bits per heavy atom. The smallest absolute Gasteiger partial charge is 0.313 e. The van der Waals surface area contributed by atoms with E-state index >= 15 is 0 Å². The molecule has 0 saturated carbocycles. The van der Waals surface area contributed by atoms with Crippen molar-refractivity contribution in [3.8, 4) is 5.75 Å². The lowest BCUT2D eigenvalue weighted by molar-refractivity contribution is -0.145. The van der Waals surface area contributed by atoms with Crippen LogP contribution < -0.4 is 4.74 Å². The van der Waals surface area contributed by atoms with Crippen molar-refractivity contribution in [2.75, 3.05) is 13.2 Å². The van der Waals surface area contributed by atoms with Crippen molar-refractivity contribution in [2.45, 2.75) is 39.0 Å². The molecule has 1 atom stereocenters. The standard InChI is InChI=1S/C15H20O3/c1-3-6-13(15(16)17-4-2)12-8-5-7-11-9-10-18-14(11)12/h5,7-8,13H,3-4,6,9-10H2,1-2H3. The highest BCUT2D eigenvalue weighted by atomic mass is 16.5. The highest BCUT2D eigenvalue weighted by Gasteiger charge is 2.27. The van der Waals surface area contributed by atoms with Crippen molar-refractivity contribution in [3.63, 3.8) is 0 Å². The molecular formula is C15H20O3. The Balaban J connectivity index is 2.31. The monoisotopic (exact) mass is 248 g/mol. The first kappa shape index (κ1) is 12.9. The third-order valence-electron chi connectivity index (χ3n) is 3.27. The second-order valence-corrected chi connectivity index (χ2v) is 4.53. The molecule has 1 aliphatic rings. The van der Waals surface area contributed by atoms with Crippen LogP contribution >= 0.6 is 0 Å². The van der Waals surface area contributed by atoms with E-state index in [2.05, 4.69) is 13.0 Å². The minimum absolute atomic E-state index is 0.136. The van der Waals surface area contributed by atoms with E-state index < -0.39 is 0 Å². The molecule has 0 aromatic heterocycles. The minimum Gasteiger partial charge on any atom is -0.493 e. The van der Waals surface area contributed by atoms with Crippen LogP contribution in [0.5, 0.6) is 5.75 Å². The summed E-state index contributed by atoms with van der Waals surface area (Å²) in [5, 5.41) is 0. The van der Waals surface area contributed by atoms with Crippen LogP contribution in [0.1, 0.15) is 43.7 Å². The number of carbonyl (C=O) groups is 1. The van der Waals surface area contributed by atoms with Gasteiger partial charge in [-0.05, 0) is 18.9 Å². The lowest BCUT2D eigenvalue weighted by Crippen LogP contribution is -2.16. The third kappa shape index (κ3) is 2.50. The Labute approximate surface area is 108 Å². The maximum absolute atomic E-state index is 12.1. The number of benzene rings is 1. The molecule has 98 valence electrons. The molecule has 1 aromatic carbocycles. The lowest BCUT2D eigenvalue weighted by Gasteiger charge is -2.17. The van der Waals surface area contributed by atoms with E-state index in [1.807, 2.05) is 19.1 Å². The zero-order valence-electron chi connectivity index (χ0n) is 11.1. The van der Waals surface area contributed by atoms with Crippen LogP contribution in [0.3, 0.4) is 0 Å². The van der Waals surface area contributed by atoms with Gasteiger partial charge in [-0.15, -0.1) is 0 Å². The van der Waals surface area contributed by atoms with Gasteiger partial charge in [0.25, 0.3) is 0 Å². The maximum Gasteiger partial charge on any atom is 0.313 e. The quantitative estimate of drug-likeness (QED) is 0.751. The summed E-state index contributed by atoms with van der Waals surface area (Å²) in [7, 11) is 0. The zero-order valence-corrected chi connectivity index (χ0v) is 11.1. The molecule has 0 spiro atoms. The summed E-state index contributed by atoms with van der Waals surface area (Å²) in [6.45, 7) is 5.06. The van der Waals surface area contributed by atoms with E-state index in [-0.39, 0.29) is 11.9 Å². The molecule has 0 bridgehead atoms. The predicted molar refractivity (Wildman–Crippen MR) is 69.9 cm³/mol. The topological polar surface area (TPSA) is 35.5 Å². The van der Waals surface area contributed by atoms with E-state index in [0.717, 1.165) is 30.6 Å². The van der Waals surface area contributed by atoms with Crippen molar-refractivity contribution >= 4 is 5.97 Å². The van der Waals surface area contributed by atoms with Crippen LogP contribution in [0.4, 0.5) is 0 Å². The Kier molecular flexibility index (Phi) is 4.24. The van der Waals surface area contributed by atoms with Gasteiger partial charge in [0.2, 0.25) is 0 Å². The summed E-state index contributed by atoms with van der Waals surface area (Å²) in [6.07, 6.45) is 2.69. The minimum atomic E-state index is -0.192. The van der Waals surface area contributed by atoms with Gasteiger partial charge in [-0.1, -0.05) is 31.5 Å².